The van der Waals surface area contributed by atoms with E-state index in [-0.39, 0.29) is 0 Å². The number of ether oxygens (including phenoxy) is 2. The van der Waals surface area contributed by atoms with E-state index in [2.05, 4.69) is 0 Å². The zero-order chi connectivity index (χ0) is 18.0. The molecule has 0 aromatic heterocycles. The molecule has 0 spiro atoms. The van der Waals surface area contributed by atoms with Crippen molar-refractivity contribution in [3.63, 3.8) is 0 Å². The van der Waals surface area contributed by atoms with Gasteiger partial charge in [0.15, 0.2) is 0 Å². The summed E-state index contributed by atoms with van der Waals surface area (Å²) in [5, 5.41) is 1.34. The Morgan fingerprint density at radius 3 is 1.33 bits per heavy atom. The van der Waals surface area contributed by atoms with Gasteiger partial charge in [-0.1, -0.05) is 46.4 Å². The van der Waals surface area contributed by atoms with Crippen molar-refractivity contribution in [1.82, 2.24) is 0 Å². The normalized spacial score (nSPS) is 13.5. The minimum Gasteiger partial charge on any atom is -0.495 e. The lowest BCUT2D eigenvalue weighted by molar-refractivity contribution is 0.412. The number of hydrogen-bond donors (Lipinski definition) is 2. The highest BCUT2D eigenvalue weighted by Crippen LogP contribution is 2.44. The summed E-state index contributed by atoms with van der Waals surface area (Å²) in [6, 6.07) is 5.06. The van der Waals surface area contributed by atoms with Gasteiger partial charge in [0.25, 0.3) is 0 Å². The Morgan fingerprint density at radius 2 is 1.04 bits per heavy atom. The minimum absolute atomic E-state index is 0.295. The highest BCUT2D eigenvalue weighted by molar-refractivity contribution is 6.38. The Morgan fingerprint density at radius 1 is 0.708 bits per heavy atom. The van der Waals surface area contributed by atoms with Crippen LogP contribution in [0.15, 0.2) is 24.3 Å². The molecule has 2 rings (SSSR count). The molecule has 0 bridgehead atoms. The fourth-order valence-electron chi connectivity index (χ4n) is 2.38. The first-order valence-corrected chi connectivity index (χ1v) is 8.39. The molecule has 0 saturated carbocycles. The van der Waals surface area contributed by atoms with E-state index < -0.39 is 12.1 Å². The van der Waals surface area contributed by atoms with Gasteiger partial charge in [-0.05, 0) is 24.3 Å². The summed E-state index contributed by atoms with van der Waals surface area (Å²) in [7, 11) is 3.00. The predicted molar refractivity (Wildman–Crippen MR) is 99.9 cm³/mol. The molecule has 8 heteroatoms. The number of benzene rings is 2. The first-order chi connectivity index (χ1) is 11.3. The number of hydrogen-bond acceptors (Lipinski definition) is 4. The van der Waals surface area contributed by atoms with Gasteiger partial charge in [0, 0.05) is 21.2 Å². The molecule has 0 amide bonds. The number of methoxy groups -OCH3 is 2. The van der Waals surface area contributed by atoms with E-state index in [1.54, 1.807) is 24.3 Å². The second kappa shape index (κ2) is 8.00. The Kier molecular flexibility index (Phi) is 6.48. The van der Waals surface area contributed by atoms with Crippen LogP contribution in [0.25, 0.3) is 0 Å². The van der Waals surface area contributed by atoms with Crippen LogP contribution in [0.4, 0.5) is 0 Å². The molecule has 0 saturated heterocycles. The summed E-state index contributed by atoms with van der Waals surface area (Å²) in [6.45, 7) is 0. The standard InChI is InChI=1S/C16H16Cl4N2O2/c1-23-9-5-3-7(17)11(13(9)19)15(21)16(22)12-8(18)4-6-10(24-2)14(12)20/h3-6,15-16H,21-22H2,1-2H3/t15-,16-/m0/s1. The highest BCUT2D eigenvalue weighted by Gasteiger charge is 2.28. The molecule has 2 atom stereocenters. The molecule has 0 heterocycles. The molecule has 2 aromatic carbocycles. The maximum atomic E-state index is 6.34. The van der Waals surface area contributed by atoms with Crippen LogP contribution in [-0.2, 0) is 0 Å². The van der Waals surface area contributed by atoms with Gasteiger partial charge >= 0.3 is 0 Å². The highest BCUT2D eigenvalue weighted by atomic mass is 35.5. The average molecular weight is 410 g/mol. The molecule has 0 aliphatic carbocycles. The topological polar surface area (TPSA) is 70.5 Å². The minimum atomic E-state index is -0.762. The van der Waals surface area contributed by atoms with Gasteiger partial charge in [0.2, 0.25) is 0 Å². The number of rotatable bonds is 5. The molecule has 0 aliphatic rings. The van der Waals surface area contributed by atoms with Gasteiger partial charge in [-0.25, -0.2) is 0 Å². The lowest BCUT2D eigenvalue weighted by atomic mass is 9.94. The van der Waals surface area contributed by atoms with E-state index in [4.69, 9.17) is 67.3 Å². The Labute approximate surface area is 160 Å². The molecule has 4 nitrogen and oxygen atoms in total. The Bertz CT molecular complexity index is 692. The van der Waals surface area contributed by atoms with Crippen molar-refractivity contribution < 1.29 is 9.47 Å². The van der Waals surface area contributed by atoms with Gasteiger partial charge < -0.3 is 20.9 Å². The summed E-state index contributed by atoms with van der Waals surface area (Å²) < 4.78 is 10.4. The van der Waals surface area contributed by atoms with Crippen molar-refractivity contribution in [2.75, 3.05) is 14.2 Å². The molecule has 0 fully saturated rings. The van der Waals surface area contributed by atoms with Crippen LogP contribution in [0.5, 0.6) is 11.5 Å². The zero-order valence-corrected chi connectivity index (χ0v) is 16.0. The Hall–Kier alpha value is -0.880. The smallest absolute Gasteiger partial charge is 0.137 e. The van der Waals surface area contributed by atoms with E-state index in [0.29, 0.717) is 42.7 Å². The molecular weight excluding hydrogens is 394 g/mol. The first-order valence-electron chi connectivity index (χ1n) is 6.88. The van der Waals surface area contributed by atoms with Crippen LogP contribution in [-0.4, -0.2) is 14.2 Å². The van der Waals surface area contributed by atoms with E-state index in [9.17, 15) is 0 Å². The second-order valence-corrected chi connectivity index (χ2v) is 6.58. The van der Waals surface area contributed by atoms with Gasteiger partial charge in [-0.2, -0.15) is 0 Å². The lowest BCUT2D eigenvalue weighted by Crippen LogP contribution is -2.27. The second-order valence-electron chi connectivity index (χ2n) is 5.01. The fourth-order valence-corrected chi connectivity index (χ4v) is 3.78. The van der Waals surface area contributed by atoms with Crippen molar-refractivity contribution in [3.8, 4) is 11.5 Å². The van der Waals surface area contributed by atoms with Crippen LogP contribution in [0.3, 0.4) is 0 Å². The molecule has 2 aromatic rings. The number of nitrogens with two attached hydrogens (primary N) is 2. The third-order valence-electron chi connectivity index (χ3n) is 3.68. The van der Waals surface area contributed by atoms with Crippen LogP contribution >= 0.6 is 46.4 Å². The SMILES string of the molecule is COc1ccc(Cl)c([C@H](N)[C@@H](N)c2c(Cl)ccc(OC)c2Cl)c1Cl. The fraction of sp³-hybridized carbons (Fsp3) is 0.250. The van der Waals surface area contributed by atoms with E-state index in [1.165, 1.54) is 14.2 Å². The van der Waals surface area contributed by atoms with Crippen molar-refractivity contribution in [2.45, 2.75) is 12.1 Å². The summed E-state index contributed by atoms with van der Waals surface area (Å²) in [4.78, 5) is 0. The molecular formula is C16H16Cl4N2O2. The maximum Gasteiger partial charge on any atom is 0.137 e. The molecule has 130 valence electrons. The van der Waals surface area contributed by atoms with Crippen molar-refractivity contribution in [1.29, 1.82) is 0 Å². The third-order valence-corrected chi connectivity index (χ3v) is 5.11. The van der Waals surface area contributed by atoms with Crippen LogP contribution in [0.1, 0.15) is 23.2 Å². The summed E-state index contributed by atoms with van der Waals surface area (Å²) in [6.07, 6.45) is 0. The van der Waals surface area contributed by atoms with Crippen LogP contribution in [0.2, 0.25) is 20.1 Å². The molecule has 0 radical (unpaired) electrons. The summed E-state index contributed by atoms with van der Waals surface area (Å²) in [5.74, 6) is 0.892. The average Bonchev–Trinajstić information content (AvgIpc) is 2.55. The summed E-state index contributed by atoms with van der Waals surface area (Å²) >= 11 is 25.2. The van der Waals surface area contributed by atoms with Crippen molar-refractivity contribution in [2.24, 2.45) is 11.5 Å². The van der Waals surface area contributed by atoms with E-state index >= 15 is 0 Å². The van der Waals surface area contributed by atoms with Gasteiger partial charge in [0.05, 0.1) is 36.3 Å². The van der Waals surface area contributed by atoms with Gasteiger partial charge in [-0.15, -0.1) is 0 Å². The Balaban J connectivity index is 2.54. The molecule has 24 heavy (non-hydrogen) atoms. The molecule has 4 N–H and O–H groups in total. The predicted octanol–water partition coefficient (Wildman–Crippen LogP) is 5.02. The van der Waals surface area contributed by atoms with E-state index in [1.807, 2.05) is 0 Å². The monoisotopic (exact) mass is 408 g/mol. The third kappa shape index (κ3) is 3.54. The zero-order valence-electron chi connectivity index (χ0n) is 12.9. The molecule has 0 aliphatic heterocycles. The maximum absolute atomic E-state index is 6.34. The van der Waals surface area contributed by atoms with Crippen molar-refractivity contribution >= 4 is 46.4 Å². The van der Waals surface area contributed by atoms with Gasteiger partial charge in [-0.3, -0.25) is 0 Å². The largest absolute Gasteiger partial charge is 0.495 e. The van der Waals surface area contributed by atoms with Crippen molar-refractivity contribution in [3.05, 3.63) is 55.5 Å². The first kappa shape index (κ1) is 19.4. The summed E-state index contributed by atoms with van der Waals surface area (Å²) in [5.41, 5.74) is 13.6. The molecule has 0 unspecified atom stereocenters. The lowest BCUT2D eigenvalue weighted by Gasteiger charge is -2.25. The van der Waals surface area contributed by atoms with Crippen LogP contribution < -0.4 is 20.9 Å². The van der Waals surface area contributed by atoms with Gasteiger partial charge in [0.1, 0.15) is 11.5 Å². The van der Waals surface area contributed by atoms with E-state index in [0.717, 1.165) is 0 Å². The van der Waals surface area contributed by atoms with Crippen LogP contribution in [0, 0.1) is 0 Å². The number of halogens is 4. The quantitative estimate of drug-likeness (QED) is 0.727.